The first-order valence-electron chi connectivity index (χ1n) is 4.66. The lowest BCUT2D eigenvalue weighted by Gasteiger charge is -2.12. The van der Waals surface area contributed by atoms with Crippen LogP contribution in [0.1, 0.15) is 33.1 Å². The number of amides is 2. The van der Waals surface area contributed by atoms with E-state index in [4.69, 9.17) is 4.84 Å². The van der Waals surface area contributed by atoms with E-state index in [0.717, 1.165) is 17.9 Å². The topological polar surface area (TPSA) is 46.6 Å². The molecular weight excluding hydrogens is 170 g/mol. The Morgan fingerprint density at radius 2 is 2.23 bits per heavy atom. The SMILES string of the molecule is CCCCON1C(=O)CC(C)C1=O. The van der Waals surface area contributed by atoms with Gasteiger partial charge in [0.15, 0.2) is 0 Å². The molecule has 13 heavy (non-hydrogen) atoms. The summed E-state index contributed by atoms with van der Waals surface area (Å²) in [4.78, 5) is 27.5. The molecule has 4 nitrogen and oxygen atoms in total. The third kappa shape index (κ3) is 2.28. The van der Waals surface area contributed by atoms with Crippen LogP contribution in [-0.4, -0.2) is 23.5 Å². The van der Waals surface area contributed by atoms with Crippen LogP contribution < -0.4 is 0 Å². The number of unbranched alkanes of at least 4 members (excludes halogenated alkanes) is 1. The van der Waals surface area contributed by atoms with Gasteiger partial charge < -0.3 is 0 Å². The van der Waals surface area contributed by atoms with Gasteiger partial charge in [-0.2, -0.15) is 5.06 Å². The Hall–Kier alpha value is -0.900. The van der Waals surface area contributed by atoms with Gasteiger partial charge in [-0.25, -0.2) is 0 Å². The predicted molar refractivity (Wildman–Crippen MR) is 46.5 cm³/mol. The average Bonchev–Trinajstić information content (AvgIpc) is 2.32. The molecule has 0 radical (unpaired) electrons. The number of carbonyl (C=O) groups excluding carboxylic acids is 2. The molecule has 2 amide bonds. The fourth-order valence-corrected chi connectivity index (χ4v) is 1.19. The van der Waals surface area contributed by atoms with Gasteiger partial charge in [0, 0.05) is 12.3 Å². The number of nitrogens with zero attached hydrogens (tertiary/aromatic N) is 1. The number of hydrogen-bond donors (Lipinski definition) is 0. The highest BCUT2D eigenvalue weighted by atomic mass is 16.7. The van der Waals surface area contributed by atoms with Gasteiger partial charge in [0.1, 0.15) is 0 Å². The molecule has 0 aromatic heterocycles. The molecule has 0 aromatic rings. The van der Waals surface area contributed by atoms with Gasteiger partial charge in [-0.1, -0.05) is 20.3 Å². The van der Waals surface area contributed by atoms with Gasteiger partial charge in [-0.3, -0.25) is 14.4 Å². The molecule has 74 valence electrons. The summed E-state index contributed by atoms with van der Waals surface area (Å²) in [6, 6.07) is 0. The summed E-state index contributed by atoms with van der Waals surface area (Å²) in [5, 5.41) is 0.917. The number of carbonyl (C=O) groups is 2. The van der Waals surface area contributed by atoms with Crippen molar-refractivity contribution in [1.29, 1.82) is 0 Å². The average molecular weight is 185 g/mol. The highest BCUT2D eigenvalue weighted by molar-refractivity contribution is 6.02. The third-order valence-electron chi connectivity index (χ3n) is 2.05. The minimum Gasteiger partial charge on any atom is -0.272 e. The van der Waals surface area contributed by atoms with Gasteiger partial charge in [-0.05, 0) is 6.42 Å². The van der Waals surface area contributed by atoms with Crippen molar-refractivity contribution in [3.63, 3.8) is 0 Å². The first kappa shape index (κ1) is 10.2. The third-order valence-corrected chi connectivity index (χ3v) is 2.05. The normalized spacial score (nSPS) is 22.9. The van der Waals surface area contributed by atoms with E-state index in [-0.39, 0.29) is 24.2 Å². The van der Waals surface area contributed by atoms with E-state index in [1.807, 2.05) is 6.92 Å². The Morgan fingerprint density at radius 1 is 1.54 bits per heavy atom. The molecule has 1 atom stereocenters. The van der Waals surface area contributed by atoms with E-state index in [0.29, 0.717) is 6.61 Å². The molecule has 0 bridgehead atoms. The highest BCUT2D eigenvalue weighted by Crippen LogP contribution is 2.18. The molecule has 0 saturated carbocycles. The summed E-state index contributed by atoms with van der Waals surface area (Å²) < 4.78 is 0. The van der Waals surface area contributed by atoms with Crippen LogP contribution in [0.25, 0.3) is 0 Å². The van der Waals surface area contributed by atoms with Crippen molar-refractivity contribution < 1.29 is 14.4 Å². The zero-order chi connectivity index (χ0) is 9.84. The lowest BCUT2D eigenvalue weighted by molar-refractivity contribution is -0.188. The maximum absolute atomic E-state index is 11.3. The molecule has 1 unspecified atom stereocenters. The lowest BCUT2D eigenvalue weighted by Crippen LogP contribution is -2.30. The van der Waals surface area contributed by atoms with Crippen LogP contribution in [-0.2, 0) is 14.4 Å². The minimum atomic E-state index is -0.214. The van der Waals surface area contributed by atoms with Crippen molar-refractivity contribution >= 4 is 11.8 Å². The maximum atomic E-state index is 11.3. The molecule has 0 N–H and O–H groups in total. The molecule has 1 heterocycles. The van der Waals surface area contributed by atoms with Crippen molar-refractivity contribution in [3.05, 3.63) is 0 Å². The number of rotatable bonds is 4. The van der Waals surface area contributed by atoms with E-state index in [1.54, 1.807) is 6.92 Å². The molecule has 1 fully saturated rings. The van der Waals surface area contributed by atoms with Crippen LogP contribution in [0.4, 0.5) is 0 Å². The van der Waals surface area contributed by atoms with Crippen molar-refractivity contribution in [2.75, 3.05) is 6.61 Å². The molecule has 0 spiro atoms. The largest absolute Gasteiger partial charge is 0.272 e. The summed E-state index contributed by atoms with van der Waals surface area (Å²) in [5.41, 5.74) is 0. The van der Waals surface area contributed by atoms with Crippen LogP contribution in [0.5, 0.6) is 0 Å². The van der Waals surface area contributed by atoms with Gasteiger partial charge in [0.2, 0.25) is 0 Å². The second-order valence-corrected chi connectivity index (χ2v) is 3.32. The van der Waals surface area contributed by atoms with Crippen molar-refractivity contribution in [3.8, 4) is 0 Å². The number of hydrogen-bond acceptors (Lipinski definition) is 3. The quantitative estimate of drug-likeness (QED) is 0.487. The highest BCUT2D eigenvalue weighted by Gasteiger charge is 2.36. The van der Waals surface area contributed by atoms with Crippen LogP contribution >= 0.6 is 0 Å². The van der Waals surface area contributed by atoms with Gasteiger partial charge >= 0.3 is 0 Å². The zero-order valence-electron chi connectivity index (χ0n) is 8.08. The fraction of sp³-hybridized carbons (Fsp3) is 0.778. The van der Waals surface area contributed by atoms with Crippen molar-refractivity contribution in [2.24, 2.45) is 5.92 Å². The van der Waals surface area contributed by atoms with Crippen LogP contribution in [0.3, 0.4) is 0 Å². The molecule has 4 heteroatoms. The molecule has 0 aliphatic carbocycles. The van der Waals surface area contributed by atoms with E-state index < -0.39 is 0 Å². The summed E-state index contributed by atoms with van der Waals surface area (Å²) in [7, 11) is 0. The van der Waals surface area contributed by atoms with Gasteiger partial charge in [0.25, 0.3) is 11.8 Å². The van der Waals surface area contributed by atoms with Gasteiger partial charge in [0.05, 0.1) is 6.61 Å². The van der Waals surface area contributed by atoms with Crippen LogP contribution in [0, 0.1) is 5.92 Å². The summed E-state index contributed by atoms with van der Waals surface area (Å²) in [6.45, 7) is 4.21. The number of hydroxylamine groups is 2. The first-order chi connectivity index (χ1) is 6.16. The van der Waals surface area contributed by atoms with Crippen molar-refractivity contribution in [1.82, 2.24) is 5.06 Å². The van der Waals surface area contributed by atoms with Gasteiger partial charge in [-0.15, -0.1) is 0 Å². The summed E-state index contributed by atoms with van der Waals surface area (Å²) in [6.07, 6.45) is 2.14. The second kappa shape index (κ2) is 4.37. The standard InChI is InChI=1S/C9H15NO3/c1-3-4-5-13-10-8(11)6-7(2)9(10)12/h7H,3-6H2,1-2H3. The Morgan fingerprint density at radius 3 is 2.69 bits per heavy atom. The second-order valence-electron chi connectivity index (χ2n) is 3.32. The van der Waals surface area contributed by atoms with E-state index in [1.165, 1.54) is 0 Å². The first-order valence-corrected chi connectivity index (χ1v) is 4.66. The summed E-state index contributed by atoms with van der Waals surface area (Å²) in [5.74, 6) is -0.635. The Bertz CT molecular complexity index is 215. The Labute approximate surface area is 77.8 Å². The fourth-order valence-electron chi connectivity index (χ4n) is 1.19. The summed E-state index contributed by atoms with van der Waals surface area (Å²) >= 11 is 0. The molecule has 0 aromatic carbocycles. The van der Waals surface area contributed by atoms with E-state index in [2.05, 4.69) is 0 Å². The van der Waals surface area contributed by atoms with Crippen LogP contribution in [0.15, 0.2) is 0 Å². The Kier molecular flexibility index (Phi) is 3.42. The van der Waals surface area contributed by atoms with Crippen LogP contribution in [0.2, 0.25) is 0 Å². The molecule has 1 aliphatic heterocycles. The minimum absolute atomic E-state index is 0.207. The lowest BCUT2D eigenvalue weighted by atomic mass is 10.1. The zero-order valence-corrected chi connectivity index (χ0v) is 8.08. The molecule has 1 saturated heterocycles. The monoisotopic (exact) mass is 185 g/mol. The smallest absolute Gasteiger partial charge is 0.256 e. The molecule has 1 aliphatic rings. The molecular formula is C9H15NO3. The number of imide groups is 1. The van der Waals surface area contributed by atoms with E-state index in [9.17, 15) is 9.59 Å². The van der Waals surface area contributed by atoms with Crippen molar-refractivity contribution in [2.45, 2.75) is 33.1 Å². The maximum Gasteiger partial charge on any atom is 0.256 e. The molecule has 1 rings (SSSR count). The predicted octanol–water partition coefficient (Wildman–Crippen LogP) is 1.11. The Balaban J connectivity index is 2.40. The van der Waals surface area contributed by atoms with E-state index >= 15 is 0 Å².